The van der Waals surface area contributed by atoms with Gasteiger partial charge in [-0.25, -0.2) is 15.0 Å². The van der Waals surface area contributed by atoms with Crippen molar-refractivity contribution in [3.63, 3.8) is 0 Å². The number of carbonyl (C=O) groups is 2. The minimum atomic E-state index is -0.366. The van der Waals surface area contributed by atoms with Crippen LogP contribution in [0.4, 0.5) is 0 Å². The molecule has 1 aliphatic carbocycles. The van der Waals surface area contributed by atoms with E-state index >= 15 is 0 Å². The van der Waals surface area contributed by atoms with Crippen LogP contribution >= 0.6 is 0 Å². The lowest BCUT2D eigenvalue weighted by molar-refractivity contribution is -0.139. The second-order valence-corrected chi connectivity index (χ2v) is 16.5. The SMILES string of the molecule is CN(C)[C@@H](C(=O)N1CCC[C@H]1c1nc2ccc(-c3cnc(-c4ccc5nc([C@@H]6C[C@@H]7C[C@@H]7N6C(=O)[C@@H](c6ccccc6)N(C)C)[nH]c5c4)o3)cc2[nH]1)c1ccccc1. The maximum absolute atomic E-state index is 14.2. The van der Waals surface area contributed by atoms with Gasteiger partial charge in [-0.1, -0.05) is 60.7 Å². The van der Waals surface area contributed by atoms with E-state index in [9.17, 15) is 9.59 Å². The second kappa shape index (κ2) is 14.4. The van der Waals surface area contributed by atoms with Gasteiger partial charge in [0, 0.05) is 23.7 Å². The fourth-order valence-corrected chi connectivity index (χ4v) is 9.43. The van der Waals surface area contributed by atoms with Gasteiger partial charge in [0.05, 0.1) is 40.3 Å². The van der Waals surface area contributed by atoms with Gasteiger partial charge in [0.25, 0.3) is 0 Å². The molecule has 2 N–H and O–H groups in total. The number of amides is 2. The predicted octanol–water partition coefficient (Wildman–Crippen LogP) is 7.69. The highest BCUT2D eigenvalue weighted by Crippen LogP contribution is 2.54. The number of carbonyl (C=O) groups excluding carboxylic acids is 2. The van der Waals surface area contributed by atoms with Crippen LogP contribution in [-0.2, 0) is 9.59 Å². The van der Waals surface area contributed by atoms with Gasteiger partial charge in [-0.15, -0.1) is 0 Å². The summed E-state index contributed by atoms with van der Waals surface area (Å²) in [5.41, 5.74) is 7.11. The van der Waals surface area contributed by atoms with Crippen LogP contribution < -0.4 is 0 Å². The van der Waals surface area contributed by atoms with Crippen LogP contribution in [0.3, 0.4) is 0 Å². The first-order valence-corrected chi connectivity index (χ1v) is 20.2. The van der Waals surface area contributed by atoms with Crippen molar-refractivity contribution in [2.45, 2.75) is 55.9 Å². The number of benzene rings is 4. The maximum Gasteiger partial charge on any atom is 0.245 e. The predicted molar refractivity (Wildman–Crippen MR) is 222 cm³/mol. The Kier molecular flexibility index (Phi) is 8.98. The van der Waals surface area contributed by atoms with Crippen LogP contribution in [0, 0.1) is 5.92 Å². The molecule has 7 aromatic rings. The van der Waals surface area contributed by atoms with Crippen LogP contribution in [0.15, 0.2) is 108 Å². The first kappa shape index (κ1) is 36.2. The molecular weight excluding hydrogens is 727 g/mol. The number of rotatable bonds is 10. The second-order valence-electron chi connectivity index (χ2n) is 16.5. The Morgan fingerprint density at radius 1 is 0.724 bits per heavy atom. The summed E-state index contributed by atoms with van der Waals surface area (Å²) in [5, 5.41) is 0. The lowest BCUT2D eigenvalue weighted by Crippen LogP contribution is -2.42. The summed E-state index contributed by atoms with van der Waals surface area (Å²) in [6.45, 7) is 0.695. The lowest BCUT2D eigenvalue weighted by atomic mass is 10.0. The highest BCUT2D eigenvalue weighted by atomic mass is 16.4. The number of nitrogens with one attached hydrogen (secondary N) is 2. The third-order valence-corrected chi connectivity index (χ3v) is 12.3. The Labute approximate surface area is 336 Å². The Balaban J connectivity index is 0.877. The molecule has 0 bridgehead atoms. The fourth-order valence-electron chi connectivity index (χ4n) is 9.43. The van der Waals surface area contributed by atoms with E-state index in [4.69, 9.17) is 14.4 Å². The molecule has 1 saturated carbocycles. The van der Waals surface area contributed by atoms with Crippen molar-refractivity contribution in [1.29, 1.82) is 0 Å². The van der Waals surface area contributed by atoms with Crippen LogP contribution in [0.5, 0.6) is 0 Å². The zero-order chi connectivity index (χ0) is 39.7. The molecule has 3 aromatic heterocycles. The third kappa shape index (κ3) is 6.36. The van der Waals surface area contributed by atoms with Crippen LogP contribution in [0.2, 0.25) is 0 Å². The van der Waals surface area contributed by atoms with E-state index in [1.54, 1.807) is 6.20 Å². The highest BCUT2D eigenvalue weighted by Gasteiger charge is 2.56. The van der Waals surface area contributed by atoms with Gasteiger partial charge in [-0.3, -0.25) is 19.4 Å². The van der Waals surface area contributed by atoms with Gasteiger partial charge < -0.3 is 24.2 Å². The minimum absolute atomic E-state index is 0.0858. The number of imidazole rings is 2. The molecule has 10 rings (SSSR count). The third-order valence-electron chi connectivity index (χ3n) is 12.3. The quantitative estimate of drug-likeness (QED) is 0.145. The van der Waals surface area contributed by atoms with Crippen LogP contribution in [-0.4, -0.2) is 97.1 Å². The molecule has 0 spiro atoms. The van der Waals surface area contributed by atoms with E-state index < -0.39 is 0 Å². The number of nitrogens with zero attached hydrogens (tertiary/aromatic N) is 7. The number of piperidine rings is 1. The maximum atomic E-state index is 14.2. The molecule has 2 saturated heterocycles. The molecule has 6 atom stereocenters. The van der Waals surface area contributed by atoms with Crippen molar-refractivity contribution >= 4 is 33.9 Å². The lowest BCUT2D eigenvalue weighted by Gasteiger charge is -2.33. The van der Waals surface area contributed by atoms with E-state index in [-0.39, 0.29) is 42.0 Å². The zero-order valence-corrected chi connectivity index (χ0v) is 33.2. The molecule has 2 aliphatic heterocycles. The summed E-state index contributed by atoms with van der Waals surface area (Å²) in [6, 6.07) is 31.3. The normalized spacial score (nSPS) is 21.3. The Morgan fingerprint density at radius 2 is 1.31 bits per heavy atom. The van der Waals surface area contributed by atoms with Crippen LogP contribution in [0.1, 0.15) is 72.6 Å². The van der Waals surface area contributed by atoms with E-state index in [0.717, 1.165) is 81.7 Å². The fraction of sp³-hybridized carbons (Fsp3) is 0.326. The monoisotopic (exact) mass is 773 g/mol. The molecular formula is C46H47N9O3. The number of H-pyrrole nitrogens is 2. The van der Waals surface area contributed by atoms with Crippen molar-refractivity contribution < 1.29 is 14.0 Å². The molecule has 294 valence electrons. The van der Waals surface area contributed by atoms with Crippen molar-refractivity contribution in [2.75, 3.05) is 34.7 Å². The Morgan fingerprint density at radius 3 is 1.95 bits per heavy atom. The van der Waals surface area contributed by atoms with Gasteiger partial charge in [0.1, 0.15) is 23.7 Å². The average molecular weight is 774 g/mol. The van der Waals surface area contributed by atoms with E-state index in [1.807, 2.05) is 140 Å². The molecule has 12 heteroatoms. The summed E-state index contributed by atoms with van der Waals surface area (Å²) in [4.78, 5) is 58.1. The molecule has 58 heavy (non-hydrogen) atoms. The summed E-state index contributed by atoms with van der Waals surface area (Å²) >= 11 is 0. The number of likely N-dealkylation sites (tertiary alicyclic amines) is 2. The van der Waals surface area contributed by atoms with Gasteiger partial charge in [-0.2, -0.15) is 0 Å². The average Bonchev–Trinajstić information content (AvgIpc) is 3.87. The summed E-state index contributed by atoms with van der Waals surface area (Å²) < 4.78 is 6.37. The summed E-state index contributed by atoms with van der Waals surface area (Å²) in [6.07, 6.45) is 5.48. The number of hydrogen-bond donors (Lipinski definition) is 2. The highest BCUT2D eigenvalue weighted by molar-refractivity contribution is 5.86. The van der Waals surface area contributed by atoms with Gasteiger partial charge in [0.15, 0.2) is 5.76 Å². The van der Waals surface area contributed by atoms with Crippen LogP contribution in [0.25, 0.3) is 44.8 Å². The molecule has 2 amide bonds. The van der Waals surface area contributed by atoms with E-state index in [2.05, 4.69) is 19.9 Å². The smallest absolute Gasteiger partial charge is 0.245 e. The number of aromatic amines is 2. The zero-order valence-electron chi connectivity index (χ0n) is 33.2. The van der Waals surface area contributed by atoms with Gasteiger partial charge in [-0.05, 0) is 107 Å². The number of hydrogen-bond acceptors (Lipinski definition) is 8. The Hall–Kier alpha value is -6.11. The van der Waals surface area contributed by atoms with Gasteiger partial charge in [0.2, 0.25) is 17.7 Å². The van der Waals surface area contributed by atoms with Crippen molar-refractivity contribution in [2.24, 2.45) is 5.92 Å². The molecule has 0 radical (unpaired) electrons. The molecule has 5 heterocycles. The number of aromatic nitrogens is 5. The van der Waals surface area contributed by atoms with Gasteiger partial charge >= 0.3 is 0 Å². The number of likely N-dealkylation sites (N-methyl/N-ethyl adjacent to an activating group) is 2. The molecule has 3 fully saturated rings. The number of oxazole rings is 1. The first-order chi connectivity index (χ1) is 28.2. The first-order valence-electron chi connectivity index (χ1n) is 20.2. The number of fused-ring (bicyclic) bond motifs is 3. The largest absolute Gasteiger partial charge is 0.436 e. The summed E-state index contributed by atoms with van der Waals surface area (Å²) in [7, 11) is 7.84. The molecule has 4 aromatic carbocycles. The molecule has 0 unspecified atom stereocenters. The van der Waals surface area contributed by atoms with Crippen molar-refractivity contribution in [1.82, 2.24) is 44.5 Å². The molecule has 3 aliphatic rings. The van der Waals surface area contributed by atoms with Crippen molar-refractivity contribution in [3.05, 3.63) is 126 Å². The topological polar surface area (TPSA) is 130 Å². The summed E-state index contributed by atoms with van der Waals surface area (Å²) in [5.74, 6) is 3.47. The Bertz CT molecular complexity index is 2630. The van der Waals surface area contributed by atoms with Crippen molar-refractivity contribution in [3.8, 4) is 22.8 Å². The van der Waals surface area contributed by atoms with E-state index in [1.165, 1.54) is 0 Å². The molecule has 12 nitrogen and oxygen atoms in total. The minimum Gasteiger partial charge on any atom is -0.436 e. The standard InChI is InChI=1S/C46H47N9O3/c1-52(2)40(27-12-7-5-8-13-27)45(56)54-21-11-16-36(54)42-48-32-19-17-29(22-34(32)50-42)39-26-47-44(58-39)30-18-20-33-35(23-30)51-43(49-33)38-25-31-24-37(31)55(38)46(57)41(53(3)4)28-14-9-6-10-15-28/h5-10,12-15,17-20,22-23,26,31,36-38,40-41H,11,16,21,24-25H2,1-4H3,(H,48,50)(H,49,51)/t31-,36-,37-,38-,40+,41+/m0/s1. The van der Waals surface area contributed by atoms with E-state index in [0.29, 0.717) is 24.1 Å².